The van der Waals surface area contributed by atoms with Crippen molar-refractivity contribution in [3.8, 4) is 0 Å². The lowest BCUT2D eigenvalue weighted by Gasteiger charge is -2.42. The maximum absolute atomic E-state index is 12.1. The van der Waals surface area contributed by atoms with Crippen molar-refractivity contribution < 1.29 is 48.7 Å². The molecule has 3 amide bonds. The number of aliphatic hydroxyl groups excluding tert-OH is 3. The number of amides is 3. The number of esters is 1. The van der Waals surface area contributed by atoms with E-state index in [1.54, 1.807) is 0 Å². The molecule has 0 saturated carbocycles. The van der Waals surface area contributed by atoms with Crippen LogP contribution in [-0.2, 0) is 33.4 Å². The standard InChI is InChI=1S/C32H59N3O10/c1-23(37)35-28-30(42)29(41)24(22-36)44-31(28)43-21-14-13-17-26(39)34-20-15-19-33-25(38)16-11-9-7-5-6-8-10-12-18-27(40)45-32(2,3)4/h24,28-31,36,41-42H,5-22H2,1-4H3,(H,33,38)(H,34,39)(H,35,37)/t24-,28-,29+,30-,31-/m1/s1. The van der Waals surface area contributed by atoms with E-state index in [0.29, 0.717) is 51.6 Å². The normalized spacial score (nSPS) is 21.6. The molecule has 0 unspecified atom stereocenters. The highest BCUT2D eigenvalue weighted by Gasteiger charge is 2.45. The van der Waals surface area contributed by atoms with Crippen molar-refractivity contribution in [1.82, 2.24) is 16.0 Å². The molecular weight excluding hydrogens is 586 g/mol. The maximum atomic E-state index is 12.1. The van der Waals surface area contributed by atoms with Gasteiger partial charge in [-0.2, -0.15) is 0 Å². The Kier molecular flexibility index (Phi) is 20.9. The Bertz CT molecular complexity index is 867. The molecule has 1 saturated heterocycles. The molecule has 0 radical (unpaired) electrons. The monoisotopic (exact) mass is 645 g/mol. The predicted molar refractivity (Wildman–Crippen MR) is 168 cm³/mol. The summed E-state index contributed by atoms with van der Waals surface area (Å²) in [6.07, 6.45) is 6.40. The Morgan fingerprint density at radius 2 is 1.24 bits per heavy atom. The quantitative estimate of drug-likeness (QED) is 0.0707. The van der Waals surface area contributed by atoms with Crippen LogP contribution in [0.3, 0.4) is 0 Å². The summed E-state index contributed by atoms with van der Waals surface area (Å²) < 4.78 is 16.5. The lowest BCUT2D eigenvalue weighted by Crippen LogP contribution is -2.64. The Morgan fingerprint density at radius 1 is 0.733 bits per heavy atom. The number of carbonyl (C=O) groups is 4. The van der Waals surface area contributed by atoms with Crippen LogP contribution in [0.15, 0.2) is 0 Å². The summed E-state index contributed by atoms with van der Waals surface area (Å²) >= 11 is 0. The second kappa shape index (κ2) is 23.1. The third kappa shape index (κ3) is 19.7. The third-order valence-corrected chi connectivity index (χ3v) is 7.28. The van der Waals surface area contributed by atoms with Crippen LogP contribution in [0.1, 0.15) is 118 Å². The first-order valence-electron chi connectivity index (χ1n) is 16.6. The van der Waals surface area contributed by atoms with Crippen molar-refractivity contribution in [1.29, 1.82) is 0 Å². The summed E-state index contributed by atoms with van der Waals surface area (Å²) in [5, 5.41) is 37.9. The Hall–Kier alpha value is -2.32. The molecule has 45 heavy (non-hydrogen) atoms. The van der Waals surface area contributed by atoms with Gasteiger partial charge in [0.25, 0.3) is 0 Å². The van der Waals surface area contributed by atoms with Crippen LogP contribution in [0.5, 0.6) is 0 Å². The Morgan fingerprint density at radius 3 is 1.76 bits per heavy atom. The van der Waals surface area contributed by atoms with E-state index < -0.39 is 48.8 Å². The van der Waals surface area contributed by atoms with Crippen LogP contribution >= 0.6 is 0 Å². The molecular formula is C32H59N3O10. The molecule has 262 valence electrons. The van der Waals surface area contributed by atoms with Crippen LogP contribution in [0.25, 0.3) is 0 Å². The Balaban J connectivity index is 1.99. The van der Waals surface area contributed by atoms with Crippen molar-refractivity contribution in [2.75, 3.05) is 26.3 Å². The zero-order valence-electron chi connectivity index (χ0n) is 27.8. The van der Waals surface area contributed by atoms with Gasteiger partial charge in [-0.15, -0.1) is 0 Å². The van der Waals surface area contributed by atoms with Crippen molar-refractivity contribution in [2.24, 2.45) is 0 Å². The third-order valence-electron chi connectivity index (χ3n) is 7.28. The van der Waals surface area contributed by atoms with Gasteiger partial charge < -0.3 is 45.5 Å². The average Bonchev–Trinajstić information content (AvgIpc) is 2.96. The molecule has 1 heterocycles. The molecule has 6 N–H and O–H groups in total. The predicted octanol–water partition coefficient (Wildman–Crippen LogP) is 1.98. The van der Waals surface area contributed by atoms with E-state index in [1.165, 1.54) is 6.92 Å². The van der Waals surface area contributed by atoms with Crippen LogP contribution in [-0.4, -0.2) is 102 Å². The number of unbranched alkanes of at least 4 members (excludes halogenated alkanes) is 8. The number of rotatable bonds is 23. The minimum absolute atomic E-state index is 0.0264. The molecule has 1 rings (SSSR count). The molecule has 0 bridgehead atoms. The van der Waals surface area contributed by atoms with Gasteiger partial charge in [0.05, 0.1) is 6.61 Å². The molecule has 0 spiro atoms. The molecule has 0 aromatic carbocycles. The molecule has 13 heteroatoms. The van der Waals surface area contributed by atoms with Gasteiger partial charge in [-0.1, -0.05) is 38.5 Å². The highest BCUT2D eigenvalue weighted by Crippen LogP contribution is 2.22. The molecule has 1 aliphatic rings. The van der Waals surface area contributed by atoms with Gasteiger partial charge in [0.2, 0.25) is 17.7 Å². The van der Waals surface area contributed by atoms with Crippen molar-refractivity contribution in [2.45, 2.75) is 154 Å². The molecule has 0 aromatic rings. The summed E-state index contributed by atoms with van der Waals surface area (Å²) in [7, 11) is 0. The van der Waals surface area contributed by atoms with E-state index >= 15 is 0 Å². The van der Waals surface area contributed by atoms with Gasteiger partial charge in [0, 0.05) is 45.9 Å². The number of nitrogens with one attached hydrogen (secondary N) is 3. The van der Waals surface area contributed by atoms with E-state index in [9.17, 15) is 34.5 Å². The van der Waals surface area contributed by atoms with Gasteiger partial charge >= 0.3 is 5.97 Å². The largest absolute Gasteiger partial charge is 0.460 e. The van der Waals surface area contributed by atoms with Gasteiger partial charge in [-0.3, -0.25) is 19.2 Å². The maximum Gasteiger partial charge on any atom is 0.306 e. The molecule has 5 atom stereocenters. The fraction of sp³-hybridized carbons (Fsp3) is 0.875. The minimum atomic E-state index is -1.37. The number of hydrogen-bond donors (Lipinski definition) is 6. The van der Waals surface area contributed by atoms with Crippen molar-refractivity contribution >= 4 is 23.7 Å². The number of ether oxygens (including phenoxy) is 3. The summed E-state index contributed by atoms with van der Waals surface area (Å²) in [6, 6.07) is -0.991. The van der Waals surface area contributed by atoms with Crippen molar-refractivity contribution in [3.63, 3.8) is 0 Å². The topological polar surface area (TPSA) is 193 Å². The fourth-order valence-corrected chi connectivity index (χ4v) is 4.93. The van der Waals surface area contributed by atoms with E-state index in [2.05, 4.69) is 16.0 Å². The van der Waals surface area contributed by atoms with Crippen LogP contribution < -0.4 is 16.0 Å². The molecule has 0 aromatic heterocycles. The van der Waals surface area contributed by atoms with Gasteiger partial charge in [0.1, 0.15) is 30.0 Å². The Labute approximate surface area is 268 Å². The molecule has 0 aliphatic carbocycles. The highest BCUT2D eigenvalue weighted by molar-refractivity contribution is 5.76. The first-order valence-corrected chi connectivity index (χ1v) is 16.6. The second-order valence-electron chi connectivity index (χ2n) is 12.7. The van der Waals surface area contributed by atoms with E-state index in [4.69, 9.17) is 14.2 Å². The van der Waals surface area contributed by atoms with Crippen LogP contribution in [0, 0.1) is 0 Å². The first-order chi connectivity index (χ1) is 21.3. The lowest BCUT2D eigenvalue weighted by molar-refractivity contribution is -0.270. The zero-order chi connectivity index (χ0) is 33.7. The van der Waals surface area contributed by atoms with Gasteiger partial charge in [0.15, 0.2) is 6.29 Å². The molecule has 13 nitrogen and oxygen atoms in total. The highest BCUT2D eigenvalue weighted by atomic mass is 16.7. The minimum Gasteiger partial charge on any atom is -0.460 e. The van der Waals surface area contributed by atoms with E-state index in [1.807, 2.05) is 20.8 Å². The lowest BCUT2D eigenvalue weighted by atomic mass is 9.97. The molecule has 1 fully saturated rings. The van der Waals surface area contributed by atoms with Crippen LogP contribution in [0.2, 0.25) is 0 Å². The smallest absolute Gasteiger partial charge is 0.306 e. The number of hydrogen-bond acceptors (Lipinski definition) is 10. The molecule has 1 aliphatic heterocycles. The van der Waals surface area contributed by atoms with Gasteiger partial charge in [-0.05, 0) is 52.9 Å². The summed E-state index contributed by atoms with van der Waals surface area (Å²) in [5.41, 5.74) is -0.422. The first kappa shape index (κ1) is 40.7. The van der Waals surface area contributed by atoms with E-state index in [0.717, 1.165) is 51.4 Å². The second-order valence-corrected chi connectivity index (χ2v) is 12.7. The number of aliphatic hydroxyl groups is 3. The van der Waals surface area contributed by atoms with Gasteiger partial charge in [-0.25, -0.2) is 0 Å². The van der Waals surface area contributed by atoms with Crippen molar-refractivity contribution in [3.05, 3.63) is 0 Å². The van der Waals surface area contributed by atoms with E-state index in [-0.39, 0.29) is 24.4 Å². The average molecular weight is 646 g/mol. The van der Waals surface area contributed by atoms with Crippen LogP contribution in [0.4, 0.5) is 0 Å². The number of carbonyl (C=O) groups excluding carboxylic acids is 4. The zero-order valence-corrected chi connectivity index (χ0v) is 27.8. The fourth-order valence-electron chi connectivity index (χ4n) is 4.93. The summed E-state index contributed by atoms with van der Waals surface area (Å²) in [6.45, 7) is 7.55. The summed E-state index contributed by atoms with van der Waals surface area (Å²) in [5.74, 6) is -0.630. The SMILES string of the molecule is CC(=O)N[C@H]1[C@H](OCCCCC(=O)NCCCNC(=O)CCCCCCCCCCC(=O)OC(C)(C)C)O[C@H](CO)[C@H](O)[C@@H]1O. The summed E-state index contributed by atoms with van der Waals surface area (Å²) in [4.78, 5) is 47.3.